The predicted octanol–water partition coefficient (Wildman–Crippen LogP) is 3.67. The quantitative estimate of drug-likeness (QED) is 0.780. The highest BCUT2D eigenvalue weighted by Gasteiger charge is 2.49. The van der Waals surface area contributed by atoms with E-state index in [-0.39, 0.29) is 11.7 Å². The summed E-state index contributed by atoms with van der Waals surface area (Å²) in [6, 6.07) is 8.66. The molecule has 2 atom stereocenters. The molecular formula is C22H28N4O. The number of likely N-dealkylation sites (tertiary alicyclic amines) is 1. The van der Waals surface area contributed by atoms with E-state index >= 15 is 0 Å². The van der Waals surface area contributed by atoms with Gasteiger partial charge in [0.15, 0.2) is 0 Å². The maximum atomic E-state index is 6.73. The van der Waals surface area contributed by atoms with Crippen LogP contribution in [0.25, 0.3) is 0 Å². The summed E-state index contributed by atoms with van der Waals surface area (Å²) in [6.45, 7) is 8.41. The number of hydrogen-bond acceptors (Lipinski definition) is 5. The standard InChI is InChI=1S/C22H28N4O/c1-15-7-11-24-19(14-15)20-18-6-5-10-25-21(18)22(27-20)8-12-26(13-9-22)17(3)16(2)23-4/h5-7,10-11,14,17,20H,8-9,12-13H2,1-4H3. The molecular weight excluding hydrogens is 336 g/mol. The van der Waals surface area contributed by atoms with Crippen molar-refractivity contribution in [1.82, 2.24) is 14.9 Å². The van der Waals surface area contributed by atoms with Crippen LogP contribution in [0.15, 0.2) is 41.7 Å². The number of rotatable bonds is 3. The van der Waals surface area contributed by atoms with Gasteiger partial charge in [-0.25, -0.2) is 0 Å². The number of nitrogens with zero attached hydrogens (tertiary/aromatic N) is 4. The van der Waals surface area contributed by atoms with Crippen molar-refractivity contribution in [3.05, 3.63) is 59.2 Å². The zero-order valence-corrected chi connectivity index (χ0v) is 16.6. The van der Waals surface area contributed by atoms with Crippen LogP contribution in [0.1, 0.15) is 55.3 Å². The number of piperidine rings is 1. The van der Waals surface area contributed by atoms with Crippen molar-refractivity contribution < 1.29 is 4.74 Å². The van der Waals surface area contributed by atoms with Crippen LogP contribution in [-0.2, 0) is 10.3 Å². The molecule has 0 saturated carbocycles. The van der Waals surface area contributed by atoms with E-state index in [1.165, 1.54) is 16.8 Å². The topological polar surface area (TPSA) is 50.6 Å². The summed E-state index contributed by atoms with van der Waals surface area (Å²) in [6.07, 6.45) is 5.52. The lowest BCUT2D eigenvalue weighted by molar-refractivity contribution is -0.101. The lowest BCUT2D eigenvalue weighted by Crippen LogP contribution is -2.48. The molecule has 4 rings (SSSR count). The van der Waals surface area contributed by atoms with Crippen LogP contribution in [-0.4, -0.2) is 46.8 Å². The normalized spacial score (nSPS) is 23.4. The molecule has 1 saturated heterocycles. The molecule has 2 aromatic rings. The second-order valence-electron chi connectivity index (χ2n) is 7.77. The second kappa shape index (κ2) is 7.13. The fourth-order valence-electron chi connectivity index (χ4n) is 4.36. The van der Waals surface area contributed by atoms with Crippen LogP contribution in [0.4, 0.5) is 0 Å². The summed E-state index contributed by atoms with van der Waals surface area (Å²) in [5.41, 5.74) is 5.33. The molecule has 0 bridgehead atoms. The van der Waals surface area contributed by atoms with Crippen molar-refractivity contribution in [3.63, 3.8) is 0 Å². The number of aryl methyl sites for hydroxylation is 1. The van der Waals surface area contributed by atoms with E-state index < -0.39 is 0 Å². The summed E-state index contributed by atoms with van der Waals surface area (Å²) < 4.78 is 6.73. The van der Waals surface area contributed by atoms with E-state index in [4.69, 9.17) is 9.72 Å². The number of aromatic nitrogens is 2. The van der Waals surface area contributed by atoms with Gasteiger partial charge < -0.3 is 4.74 Å². The number of fused-ring (bicyclic) bond motifs is 2. The SMILES string of the molecule is CN=C(C)C(C)N1CCC2(CC1)OC(c1cc(C)ccn1)c1cccnc12. The van der Waals surface area contributed by atoms with Gasteiger partial charge in [-0.3, -0.25) is 19.9 Å². The molecule has 2 unspecified atom stereocenters. The molecule has 5 nitrogen and oxygen atoms in total. The molecule has 27 heavy (non-hydrogen) atoms. The largest absolute Gasteiger partial charge is 0.354 e. The third kappa shape index (κ3) is 3.19. The number of aliphatic imine (C=N–C) groups is 1. The van der Waals surface area contributed by atoms with E-state index in [1.807, 2.05) is 31.6 Å². The van der Waals surface area contributed by atoms with E-state index in [9.17, 15) is 0 Å². The Kier molecular flexibility index (Phi) is 4.82. The van der Waals surface area contributed by atoms with Gasteiger partial charge in [0.25, 0.3) is 0 Å². The third-order valence-corrected chi connectivity index (χ3v) is 6.21. The Hall–Kier alpha value is -2.11. The van der Waals surface area contributed by atoms with Crippen LogP contribution in [0.3, 0.4) is 0 Å². The fourth-order valence-corrected chi connectivity index (χ4v) is 4.36. The van der Waals surface area contributed by atoms with Gasteiger partial charge in [-0.15, -0.1) is 0 Å². The Morgan fingerprint density at radius 1 is 1.26 bits per heavy atom. The van der Waals surface area contributed by atoms with Gasteiger partial charge >= 0.3 is 0 Å². The summed E-state index contributed by atoms with van der Waals surface area (Å²) >= 11 is 0. The fraction of sp³-hybridized carbons (Fsp3) is 0.500. The highest BCUT2D eigenvalue weighted by molar-refractivity contribution is 5.86. The van der Waals surface area contributed by atoms with Crippen LogP contribution in [0.2, 0.25) is 0 Å². The lowest BCUT2D eigenvalue weighted by atomic mass is 9.86. The Bertz CT molecular complexity index is 855. The van der Waals surface area contributed by atoms with E-state index in [0.717, 1.165) is 37.3 Å². The minimum atomic E-state index is -0.305. The number of hydrogen-bond donors (Lipinski definition) is 0. The first-order valence-corrected chi connectivity index (χ1v) is 9.77. The first-order valence-electron chi connectivity index (χ1n) is 9.77. The molecule has 2 aliphatic rings. The highest BCUT2D eigenvalue weighted by Crippen LogP contribution is 2.50. The maximum Gasteiger partial charge on any atom is 0.128 e. The minimum absolute atomic E-state index is 0.128. The van der Waals surface area contributed by atoms with Crippen LogP contribution >= 0.6 is 0 Å². The maximum absolute atomic E-state index is 6.73. The second-order valence-corrected chi connectivity index (χ2v) is 7.77. The molecule has 2 aliphatic heterocycles. The zero-order chi connectivity index (χ0) is 19.0. The van der Waals surface area contributed by atoms with Crippen molar-refractivity contribution in [2.75, 3.05) is 20.1 Å². The van der Waals surface area contributed by atoms with Crippen molar-refractivity contribution in [2.45, 2.75) is 51.4 Å². The van der Waals surface area contributed by atoms with Gasteiger partial charge in [0.2, 0.25) is 0 Å². The Balaban J connectivity index is 1.62. The molecule has 0 aliphatic carbocycles. The summed E-state index contributed by atoms with van der Waals surface area (Å²) in [5, 5.41) is 0. The minimum Gasteiger partial charge on any atom is -0.354 e. The zero-order valence-electron chi connectivity index (χ0n) is 16.6. The van der Waals surface area contributed by atoms with Gasteiger partial charge in [-0.1, -0.05) is 6.07 Å². The van der Waals surface area contributed by atoms with Crippen LogP contribution in [0, 0.1) is 6.92 Å². The van der Waals surface area contributed by atoms with Crippen LogP contribution in [0.5, 0.6) is 0 Å². The van der Waals surface area contributed by atoms with Crippen molar-refractivity contribution in [3.8, 4) is 0 Å². The van der Waals surface area contributed by atoms with Gasteiger partial charge in [0, 0.05) is 49.8 Å². The van der Waals surface area contributed by atoms with E-state index in [2.05, 4.69) is 47.8 Å². The Morgan fingerprint density at radius 3 is 2.74 bits per heavy atom. The molecule has 5 heteroatoms. The molecule has 0 N–H and O–H groups in total. The van der Waals surface area contributed by atoms with E-state index in [0.29, 0.717) is 6.04 Å². The smallest absolute Gasteiger partial charge is 0.128 e. The molecule has 0 radical (unpaired) electrons. The lowest BCUT2D eigenvalue weighted by Gasteiger charge is -2.41. The summed E-state index contributed by atoms with van der Waals surface area (Å²) in [7, 11) is 1.87. The Labute approximate surface area is 161 Å². The molecule has 0 amide bonds. The number of pyridine rings is 2. The van der Waals surface area contributed by atoms with Gasteiger partial charge in [0.1, 0.15) is 11.7 Å². The molecule has 0 aromatic carbocycles. The monoisotopic (exact) mass is 364 g/mol. The summed E-state index contributed by atoms with van der Waals surface area (Å²) in [5.74, 6) is 0. The first-order chi connectivity index (χ1) is 13.0. The highest BCUT2D eigenvalue weighted by atomic mass is 16.5. The van der Waals surface area contributed by atoms with Gasteiger partial charge in [0.05, 0.1) is 11.4 Å². The van der Waals surface area contributed by atoms with Crippen molar-refractivity contribution in [1.29, 1.82) is 0 Å². The summed E-state index contributed by atoms with van der Waals surface area (Å²) in [4.78, 5) is 16.2. The third-order valence-electron chi connectivity index (χ3n) is 6.21. The van der Waals surface area contributed by atoms with Crippen LogP contribution < -0.4 is 0 Å². The van der Waals surface area contributed by atoms with Crippen molar-refractivity contribution >= 4 is 5.71 Å². The van der Waals surface area contributed by atoms with Gasteiger partial charge in [-0.05, 0) is 57.4 Å². The molecule has 142 valence electrons. The van der Waals surface area contributed by atoms with Crippen molar-refractivity contribution in [2.24, 2.45) is 4.99 Å². The first kappa shape index (κ1) is 18.3. The molecule has 2 aromatic heterocycles. The molecule has 1 fully saturated rings. The number of ether oxygens (including phenoxy) is 1. The predicted molar refractivity (Wildman–Crippen MR) is 107 cm³/mol. The molecule has 4 heterocycles. The van der Waals surface area contributed by atoms with E-state index in [1.54, 1.807) is 0 Å². The Morgan fingerprint density at radius 2 is 2.04 bits per heavy atom. The van der Waals surface area contributed by atoms with Gasteiger partial charge in [-0.2, -0.15) is 0 Å². The molecule has 1 spiro atoms. The average molecular weight is 364 g/mol. The average Bonchev–Trinajstić information content (AvgIpc) is 3.02.